The van der Waals surface area contributed by atoms with Crippen LogP contribution in [-0.2, 0) is 0 Å². The third kappa shape index (κ3) is 8.55. The van der Waals surface area contributed by atoms with Crippen molar-refractivity contribution >= 4 is 81.1 Å². The Bertz CT molecular complexity index is 2000. The fourth-order valence-corrected chi connectivity index (χ4v) is 8.41. The Kier molecular flexibility index (Phi) is 13.2. The van der Waals surface area contributed by atoms with Gasteiger partial charge in [0.05, 0.1) is 43.0 Å². The van der Waals surface area contributed by atoms with Gasteiger partial charge >= 0.3 is 0 Å². The molecule has 0 amide bonds. The zero-order chi connectivity index (χ0) is 39.0. The second-order valence-corrected chi connectivity index (χ2v) is 16.9. The Balaban J connectivity index is 1.79. The van der Waals surface area contributed by atoms with E-state index in [1.165, 1.54) is 22.8 Å². The van der Waals surface area contributed by atoms with Gasteiger partial charge in [-0.15, -0.1) is 0 Å². The average Bonchev–Trinajstić information content (AvgIpc) is 3.09. The standard InChI is InChI=1S/C43H48Cl5FN4/c1-22(2)29-19-26(8)33(27(9)20-29)42(51-41-30(23(3)4)13-11-14-31(41)24(5)6)52-15-12-16-53(21-52)43(50-40-28(10)17-25(7)18-32(40)49)34-35(44)37(46)39(48)38(47)36(34)45/h11,13-14,17-20,22-24H,12,15-16,21H2,1-10H3. The highest BCUT2D eigenvalue weighted by Crippen LogP contribution is 2.45. The minimum atomic E-state index is -0.461. The van der Waals surface area contributed by atoms with Gasteiger partial charge in [0.2, 0.25) is 0 Å². The first kappa shape index (κ1) is 41.4. The lowest BCUT2D eigenvalue weighted by molar-refractivity contribution is 0.214. The molecule has 0 saturated carbocycles. The lowest BCUT2D eigenvalue weighted by atomic mass is 9.91. The van der Waals surface area contributed by atoms with Gasteiger partial charge in [0.15, 0.2) is 0 Å². The van der Waals surface area contributed by atoms with E-state index in [0.29, 0.717) is 30.5 Å². The highest BCUT2D eigenvalue weighted by molar-refractivity contribution is 6.56. The summed E-state index contributed by atoms with van der Waals surface area (Å²) in [5.74, 6) is 1.62. The molecule has 10 heteroatoms. The number of amidine groups is 2. The Labute approximate surface area is 340 Å². The maximum Gasteiger partial charge on any atom is 0.149 e. The number of hydrogen-bond donors (Lipinski definition) is 0. The van der Waals surface area contributed by atoms with Crippen LogP contribution in [0.4, 0.5) is 15.8 Å². The first-order valence-corrected chi connectivity index (χ1v) is 20.0. The Morgan fingerprint density at radius 2 is 1.08 bits per heavy atom. The maximum atomic E-state index is 15.7. The third-order valence-electron chi connectivity index (χ3n) is 9.85. The van der Waals surface area contributed by atoms with Crippen molar-refractivity contribution in [1.29, 1.82) is 0 Å². The molecule has 5 rings (SSSR count). The van der Waals surface area contributed by atoms with Crippen molar-refractivity contribution in [3.8, 4) is 0 Å². The van der Waals surface area contributed by atoms with Gasteiger partial charge in [0, 0.05) is 18.7 Å². The normalized spacial score (nSPS) is 14.4. The van der Waals surface area contributed by atoms with E-state index < -0.39 is 5.82 Å². The van der Waals surface area contributed by atoms with Crippen LogP contribution in [0.1, 0.15) is 116 Å². The molecular formula is C43H48Cl5FN4. The topological polar surface area (TPSA) is 31.2 Å². The van der Waals surface area contributed by atoms with Crippen molar-refractivity contribution < 1.29 is 4.39 Å². The Morgan fingerprint density at radius 1 is 0.604 bits per heavy atom. The minimum Gasteiger partial charge on any atom is -0.338 e. The molecule has 0 bridgehead atoms. The highest BCUT2D eigenvalue weighted by atomic mass is 35.5. The van der Waals surface area contributed by atoms with Gasteiger partial charge in [0.25, 0.3) is 0 Å². The maximum absolute atomic E-state index is 15.7. The summed E-state index contributed by atoms with van der Waals surface area (Å²) in [7, 11) is 0. The highest BCUT2D eigenvalue weighted by Gasteiger charge is 2.32. The van der Waals surface area contributed by atoms with E-state index in [1.807, 2.05) is 19.9 Å². The lowest BCUT2D eigenvalue weighted by Crippen LogP contribution is -2.50. The molecule has 0 spiro atoms. The molecule has 0 aliphatic carbocycles. The van der Waals surface area contributed by atoms with Crippen molar-refractivity contribution in [2.75, 3.05) is 19.8 Å². The number of aryl methyl sites for hydroxylation is 4. The molecule has 53 heavy (non-hydrogen) atoms. The Morgan fingerprint density at radius 3 is 1.55 bits per heavy atom. The van der Waals surface area contributed by atoms with Crippen LogP contribution in [0, 0.1) is 33.5 Å². The predicted octanol–water partition coefficient (Wildman–Crippen LogP) is 14.5. The van der Waals surface area contributed by atoms with Crippen LogP contribution in [0.2, 0.25) is 25.1 Å². The summed E-state index contributed by atoms with van der Waals surface area (Å²) in [5, 5.41) is 0.310. The average molecular weight is 817 g/mol. The third-order valence-corrected chi connectivity index (χ3v) is 12.1. The summed E-state index contributed by atoms with van der Waals surface area (Å²) >= 11 is 33.6. The van der Waals surface area contributed by atoms with Gasteiger partial charge in [-0.05, 0) is 96.9 Å². The van der Waals surface area contributed by atoms with Crippen molar-refractivity contribution in [2.24, 2.45) is 9.98 Å². The summed E-state index contributed by atoms with van der Waals surface area (Å²) in [6.07, 6.45) is 0.739. The molecule has 0 atom stereocenters. The van der Waals surface area contributed by atoms with Gasteiger partial charge in [0.1, 0.15) is 23.2 Å². The summed E-state index contributed by atoms with van der Waals surface area (Å²) in [6.45, 7) is 22.9. The molecule has 1 aliphatic heterocycles. The van der Waals surface area contributed by atoms with Gasteiger partial charge in [-0.3, -0.25) is 0 Å². The summed E-state index contributed by atoms with van der Waals surface area (Å²) in [5.41, 5.74) is 9.93. The van der Waals surface area contributed by atoms with Crippen molar-refractivity contribution in [3.05, 3.63) is 123 Å². The molecule has 0 N–H and O–H groups in total. The number of hydrogen-bond acceptors (Lipinski definition) is 2. The summed E-state index contributed by atoms with van der Waals surface area (Å²) in [4.78, 5) is 15.0. The zero-order valence-corrected chi connectivity index (χ0v) is 35.9. The van der Waals surface area contributed by atoms with E-state index in [4.69, 9.17) is 68.0 Å². The van der Waals surface area contributed by atoms with Crippen LogP contribution in [0.15, 0.2) is 52.4 Å². The van der Waals surface area contributed by atoms with Crippen LogP contribution in [0.5, 0.6) is 0 Å². The van der Waals surface area contributed by atoms with Crippen LogP contribution >= 0.6 is 58.0 Å². The van der Waals surface area contributed by atoms with Gasteiger partial charge < -0.3 is 9.80 Å². The smallest absolute Gasteiger partial charge is 0.149 e. The van der Waals surface area contributed by atoms with Crippen molar-refractivity contribution in [3.63, 3.8) is 0 Å². The van der Waals surface area contributed by atoms with E-state index >= 15 is 4.39 Å². The fourth-order valence-electron chi connectivity index (χ4n) is 7.10. The fraction of sp³-hybridized carbons (Fsp3) is 0.395. The van der Waals surface area contributed by atoms with Gasteiger partial charge in [-0.1, -0.05) is 136 Å². The van der Waals surface area contributed by atoms with Crippen LogP contribution < -0.4 is 0 Å². The van der Waals surface area contributed by atoms with E-state index in [2.05, 4.69) is 95.5 Å². The van der Waals surface area contributed by atoms with Crippen LogP contribution in [-0.4, -0.2) is 41.2 Å². The Hall–Kier alpha value is -2.80. The van der Waals surface area contributed by atoms with E-state index in [-0.39, 0.29) is 48.2 Å². The molecule has 4 nitrogen and oxygen atoms in total. The predicted molar refractivity (Wildman–Crippen MR) is 227 cm³/mol. The van der Waals surface area contributed by atoms with E-state index in [0.717, 1.165) is 46.7 Å². The molecule has 1 fully saturated rings. The molecule has 4 aromatic carbocycles. The molecule has 0 aromatic heterocycles. The van der Waals surface area contributed by atoms with Crippen molar-refractivity contribution in [1.82, 2.24) is 9.80 Å². The quantitative estimate of drug-likeness (QED) is 0.0805. The SMILES string of the molecule is Cc1cc(C)c(N=C(c2c(Cl)c(Cl)c(Cl)c(Cl)c2Cl)N2CCCN(C(=Nc3c(C(C)C)cccc3C(C)C)c3c(C)cc(C(C)C)cc3C)C2)c(F)c1. The van der Waals surface area contributed by atoms with Crippen LogP contribution in [0.3, 0.4) is 0 Å². The molecule has 1 aliphatic rings. The summed E-state index contributed by atoms with van der Waals surface area (Å²) in [6, 6.07) is 14.4. The second-order valence-electron chi connectivity index (χ2n) is 15.0. The summed E-state index contributed by atoms with van der Waals surface area (Å²) < 4.78 is 15.7. The minimum absolute atomic E-state index is 0.0411. The first-order valence-electron chi connectivity index (χ1n) is 18.1. The zero-order valence-electron chi connectivity index (χ0n) is 32.2. The number of benzene rings is 4. The monoisotopic (exact) mass is 814 g/mol. The number of rotatable bonds is 7. The first-order chi connectivity index (χ1) is 24.9. The molecule has 1 saturated heterocycles. The molecule has 0 unspecified atom stereocenters. The largest absolute Gasteiger partial charge is 0.338 e. The molecule has 4 aromatic rings. The number of nitrogens with zero attached hydrogens (tertiary/aromatic N) is 4. The molecule has 282 valence electrons. The lowest BCUT2D eigenvalue weighted by Gasteiger charge is -2.40. The van der Waals surface area contributed by atoms with Crippen molar-refractivity contribution in [2.45, 2.75) is 93.4 Å². The van der Waals surface area contributed by atoms with Crippen LogP contribution in [0.25, 0.3) is 0 Å². The second kappa shape index (κ2) is 16.9. The van der Waals surface area contributed by atoms with Gasteiger partial charge in [-0.25, -0.2) is 14.4 Å². The number of para-hydroxylation sites is 1. The molecule has 0 radical (unpaired) electrons. The van der Waals surface area contributed by atoms with E-state index in [1.54, 1.807) is 0 Å². The molecule has 1 heterocycles. The number of halogens is 6. The van der Waals surface area contributed by atoms with E-state index in [9.17, 15) is 0 Å². The van der Waals surface area contributed by atoms with Gasteiger partial charge in [-0.2, -0.15) is 0 Å². The molecular weight excluding hydrogens is 769 g/mol. The number of aliphatic imine (C=N–C) groups is 2.